The summed E-state index contributed by atoms with van der Waals surface area (Å²) in [6.45, 7) is 6.02. The van der Waals surface area contributed by atoms with E-state index in [1.165, 1.54) is 4.80 Å². The van der Waals surface area contributed by atoms with E-state index in [1.807, 2.05) is 26.0 Å². The number of hydrogen-bond acceptors (Lipinski definition) is 6. The van der Waals surface area contributed by atoms with Crippen LogP contribution in [-0.4, -0.2) is 42.2 Å². The van der Waals surface area contributed by atoms with Gasteiger partial charge >= 0.3 is 0 Å². The first-order valence-electron chi connectivity index (χ1n) is 9.46. The molecule has 0 radical (unpaired) electrons. The van der Waals surface area contributed by atoms with Crippen molar-refractivity contribution >= 4 is 5.91 Å². The molecule has 2 aromatic carbocycles. The minimum absolute atomic E-state index is 0.234. The number of amides is 1. The van der Waals surface area contributed by atoms with Crippen LogP contribution in [0.25, 0.3) is 5.69 Å². The molecule has 0 saturated heterocycles. The molecule has 30 heavy (non-hydrogen) atoms. The van der Waals surface area contributed by atoms with Crippen LogP contribution in [0.3, 0.4) is 0 Å². The first-order chi connectivity index (χ1) is 14.4. The summed E-state index contributed by atoms with van der Waals surface area (Å²) in [5, 5.41) is 11.7. The molecular formula is C22H26N4O4. The molecule has 158 valence electrons. The normalized spacial score (nSPS) is 10.6. The van der Waals surface area contributed by atoms with Crippen LogP contribution in [-0.2, 0) is 6.54 Å². The third kappa shape index (κ3) is 4.22. The molecule has 3 rings (SSSR count). The Morgan fingerprint density at radius 2 is 1.60 bits per heavy atom. The first kappa shape index (κ1) is 21.2. The summed E-state index contributed by atoms with van der Waals surface area (Å²) in [6, 6.07) is 9.49. The number of aryl methyl sites for hydroxylation is 3. The van der Waals surface area contributed by atoms with E-state index in [1.54, 1.807) is 40.4 Å². The lowest BCUT2D eigenvalue weighted by Crippen LogP contribution is -2.24. The van der Waals surface area contributed by atoms with Crippen LogP contribution in [0.15, 0.2) is 30.3 Å². The zero-order valence-corrected chi connectivity index (χ0v) is 18.1. The van der Waals surface area contributed by atoms with Crippen molar-refractivity contribution < 1.29 is 19.0 Å². The van der Waals surface area contributed by atoms with Gasteiger partial charge in [-0.2, -0.15) is 9.90 Å². The molecule has 0 fully saturated rings. The Hall–Kier alpha value is -3.55. The van der Waals surface area contributed by atoms with E-state index in [0.29, 0.717) is 22.9 Å². The fraction of sp³-hybridized carbons (Fsp3) is 0.318. The van der Waals surface area contributed by atoms with Gasteiger partial charge in [0.25, 0.3) is 5.91 Å². The van der Waals surface area contributed by atoms with Crippen molar-refractivity contribution in [2.45, 2.75) is 27.3 Å². The molecule has 0 aliphatic carbocycles. The van der Waals surface area contributed by atoms with Gasteiger partial charge in [-0.25, -0.2) is 0 Å². The van der Waals surface area contributed by atoms with Gasteiger partial charge in [-0.3, -0.25) is 4.79 Å². The minimum Gasteiger partial charge on any atom is -0.496 e. The monoisotopic (exact) mass is 410 g/mol. The van der Waals surface area contributed by atoms with Gasteiger partial charge in [0.2, 0.25) is 0 Å². The van der Waals surface area contributed by atoms with E-state index in [9.17, 15) is 4.79 Å². The summed E-state index contributed by atoms with van der Waals surface area (Å²) in [5.41, 5.74) is 4.60. The Morgan fingerprint density at radius 3 is 2.23 bits per heavy atom. The fourth-order valence-corrected chi connectivity index (χ4v) is 3.22. The van der Waals surface area contributed by atoms with Gasteiger partial charge in [0.1, 0.15) is 5.75 Å². The highest BCUT2D eigenvalue weighted by Crippen LogP contribution is 2.34. The van der Waals surface area contributed by atoms with Gasteiger partial charge in [0, 0.05) is 18.2 Å². The van der Waals surface area contributed by atoms with Crippen LogP contribution in [0.2, 0.25) is 0 Å². The molecule has 0 unspecified atom stereocenters. The fourth-order valence-electron chi connectivity index (χ4n) is 3.22. The average Bonchev–Trinajstić information content (AvgIpc) is 3.12. The van der Waals surface area contributed by atoms with Crippen molar-refractivity contribution in [2.75, 3.05) is 21.3 Å². The van der Waals surface area contributed by atoms with Crippen molar-refractivity contribution in [3.8, 4) is 22.9 Å². The van der Waals surface area contributed by atoms with Gasteiger partial charge in [-0.1, -0.05) is 17.7 Å². The van der Waals surface area contributed by atoms with Gasteiger partial charge in [0.15, 0.2) is 17.2 Å². The number of nitrogens with zero attached hydrogens (tertiary/aromatic N) is 3. The largest absolute Gasteiger partial charge is 0.496 e. The molecule has 0 bridgehead atoms. The lowest BCUT2D eigenvalue weighted by atomic mass is 10.1. The smallest absolute Gasteiger partial charge is 0.274 e. The van der Waals surface area contributed by atoms with E-state index >= 15 is 0 Å². The summed E-state index contributed by atoms with van der Waals surface area (Å²) in [4.78, 5) is 14.3. The lowest BCUT2D eigenvalue weighted by Gasteiger charge is -2.14. The van der Waals surface area contributed by atoms with E-state index in [0.717, 1.165) is 22.4 Å². The number of benzene rings is 2. The van der Waals surface area contributed by atoms with Gasteiger partial charge in [-0.15, -0.1) is 5.10 Å². The molecule has 1 amide bonds. The second-order valence-corrected chi connectivity index (χ2v) is 6.92. The third-order valence-electron chi connectivity index (χ3n) is 4.79. The van der Waals surface area contributed by atoms with Crippen molar-refractivity contribution in [3.63, 3.8) is 0 Å². The zero-order valence-electron chi connectivity index (χ0n) is 18.1. The highest BCUT2D eigenvalue weighted by atomic mass is 16.5. The second-order valence-electron chi connectivity index (χ2n) is 6.92. The van der Waals surface area contributed by atoms with E-state index in [-0.39, 0.29) is 18.1 Å². The summed E-state index contributed by atoms with van der Waals surface area (Å²) in [5.74, 6) is 1.38. The first-order valence-corrected chi connectivity index (χ1v) is 9.46. The lowest BCUT2D eigenvalue weighted by molar-refractivity contribution is 0.0944. The van der Waals surface area contributed by atoms with Crippen LogP contribution in [0, 0.1) is 20.8 Å². The standard InChI is InChI=1S/C22H26N4O4/c1-13-7-8-17(14(2)9-13)26-24-15(3)21(25-26)22(27)23-12-16-10-19(29-5)20(30-6)11-18(16)28-4/h7-11H,12H2,1-6H3,(H,23,27). The third-order valence-corrected chi connectivity index (χ3v) is 4.79. The number of ether oxygens (including phenoxy) is 3. The number of rotatable bonds is 7. The Balaban J connectivity index is 1.81. The Labute approximate surface area is 175 Å². The second kappa shape index (κ2) is 8.86. The summed E-state index contributed by atoms with van der Waals surface area (Å²) >= 11 is 0. The topological polar surface area (TPSA) is 87.5 Å². The Bertz CT molecular complexity index is 1080. The summed E-state index contributed by atoms with van der Waals surface area (Å²) in [7, 11) is 4.67. The maximum absolute atomic E-state index is 12.8. The van der Waals surface area contributed by atoms with Gasteiger partial charge in [-0.05, 0) is 38.5 Å². The predicted molar refractivity (Wildman–Crippen MR) is 113 cm³/mol. The molecule has 8 nitrogen and oxygen atoms in total. The highest BCUT2D eigenvalue weighted by molar-refractivity contribution is 5.93. The van der Waals surface area contributed by atoms with Crippen LogP contribution < -0.4 is 19.5 Å². The van der Waals surface area contributed by atoms with E-state index < -0.39 is 0 Å². The van der Waals surface area contributed by atoms with Crippen molar-refractivity contribution in [1.82, 2.24) is 20.3 Å². The van der Waals surface area contributed by atoms with Crippen LogP contribution in [0.1, 0.15) is 32.9 Å². The number of carbonyl (C=O) groups excluding carboxylic acids is 1. The number of nitrogens with one attached hydrogen (secondary N) is 1. The van der Waals surface area contributed by atoms with Crippen LogP contribution in [0.5, 0.6) is 17.2 Å². The SMILES string of the molecule is COc1cc(OC)c(OC)cc1CNC(=O)c1nn(-c2ccc(C)cc2C)nc1C. The van der Waals surface area contributed by atoms with E-state index in [4.69, 9.17) is 14.2 Å². The van der Waals surface area contributed by atoms with Crippen molar-refractivity contribution in [1.29, 1.82) is 0 Å². The maximum atomic E-state index is 12.8. The van der Waals surface area contributed by atoms with Crippen molar-refractivity contribution in [2.24, 2.45) is 0 Å². The Kier molecular flexibility index (Phi) is 6.25. The molecule has 0 saturated carbocycles. The molecule has 3 aromatic rings. The Morgan fingerprint density at radius 1 is 0.933 bits per heavy atom. The predicted octanol–water partition coefficient (Wildman–Crippen LogP) is 3.15. The average molecular weight is 410 g/mol. The van der Waals surface area contributed by atoms with Crippen LogP contribution >= 0.6 is 0 Å². The number of methoxy groups -OCH3 is 3. The number of aromatic nitrogens is 3. The number of carbonyl (C=O) groups is 1. The molecule has 1 N–H and O–H groups in total. The zero-order chi connectivity index (χ0) is 21.8. The molecule has 0 spiro atoms. The highest BCUT2D eigenvalue weighted by Gasteiger charge is 2.18. The van der Waals surface area contributed by atoms with Crippen molar-refractivity contribution in [3.05, 3.63) is 58.4 Å². The molecule has 0 atom stereocenters. The molecule has 1 aromatic heterocycles. The van der Waals surface area contributed by atoms with Gasteiger partial charge < -0.3 is 19.5 Å². The summed E-state index contributed by atoms with van der Waals surface area (Å²) in [6.07, 6.45) is 0. The molecular weight excluding hydrogens is 384 g/mol. The molecule has 0 aliphatic heterocycles. The number of hydrogen-bond donors (Lipinski definition) is 1. The van der Waals surface area contributed by atoms with Gasteiger partial charge in [0.05, 0.1) is 32.7 Å². The van der Waals surface area contributed by atoms with E-state index in [2.05, 4.69) is 21.6 Å². The minimum atomic E-state index is -0.319. The summed E-state index contributed by atoms with van der Waals surface area (Å²) < 4.78 is 16.0. The molecule has 1 heterocycles. The molecule has 0 aliphatic rings. The quantitative estimate of drug-likeness (QED) is 0.644. The maximum Gasteiger partial charge on any atom is 0.274 e. The molecule has 8 heteroatoms. The van der Waals surface area contributed by atoms with Crippen LogP contribution in [0.4, 0.5) is 0 Å².